The number of carbonyl (C=O) groups is 1. The molecular weight excluding hydrogens is 382 g/mol. The molecule has 0 saturated carbocycles. The number of ether oxygens (including phenoxy) is 2. The van der Waals surface area contributed by atoms with Crippen LogP contribution in [0.3, 0.4) is 0 Å². The lowest BCUT2D eigenvalue weighted by Gasteiger charge is -2.21. The van der Waals surface area contributed by atoms with Crippen molar-refractivity contribution in [2.75, 3.05) is 19.0 Å². The zero-order chi connectivity index (χ0) is 20.0. The molecule has 0 fully saturated rings. The molecule has 0 saturated heterocycles. The third kappa shape index (κ3) is 5.61. The molecular formula is C20H26ClN3O4. The number of nitrogens with one attached hydrogen (secondary N) is 2. The van der Waals surface area contributed by atoms with Gasteiger partial charge in [0.05, 0.1) is 13.2 Å². The molecule has 0 bridgehead atoms. The van der Waals surface area contributed by atoms with E-state index in [0.29, 0.717) is 29.2 Å². The summed E-state index contributed by atoms with van der Waals surface area (Å²) in [6.45, 7) is 4.34. The molecule has 0 aliphatic heterocycles. The Morgan fingerprint density at radius 1 is 1.25 bits per heavy atom. The predicted molar refractivity (Wildman–Crippen MR) is 112 cm³/mol. The van der Waals surface area contributed by atoms with E-state index in [-0.39, 0.29) is 24.3 Å². The van der Waals surface area contributed by atoms with Gasteiger partial charge in [0.2, 0.25) is 0 Å². The second-order valence-electron chi connectivity index (χ2n) is 6.01. The number of amidine groups is 1. The highest BCUT2D eigenvalue weighted by Crippen LogP contribution is 2.31. The average molecular weight is 408 g/mol. The van der Waals surface area contributed by atoms with Crippen LogP contribution in [0.2, 0.25) is 0 Å². The highest BCUT2D eigenvalue weighted by molar-refractivity contribution is 5.95. The molecule has 2 aromatic carbocycles. The highest BCUT2D eigenvalue weighted by atomic mass is 35.5. The van der Waals surface area contributed by atoms with Gasteiger partial charge in [0.15, 0.2) is 6.04 Å². The molecule has 152 valence electrons. The third-order valence-electron chi connectivity index (χ3n) is 4.20. The number of halogens is 1. The fourth-order valence-electron chi connectivity index (χ4n) is 2.79. The van der Waals surface area contributed by atoms with Gasteiger partial charge in [-0.2, -0.15) is 0 Å². The smallest absolute Gasteiger partial charge is 0.330 e. The quantitative estimate of drug-likeness (QED) is 0.371. The number of anilines is 1. The van der Waals surface area contributed by atoms with Gasteiger partial charge in [-0.1, -0.05) is 6.07 Å². The van der Waals surface area contributed by atoms with Gasteiger partial charge >= 0.3 is 5.97 Å². The Kier molecular flexibility index (Phi) is 8.76. The number of hydrogen-bond donors (Lipinski definition) is 4. The SMILES string of the molecule is CCOC(C)c1cc(C(Nc2ccc(C(=N)N)cc2)C(=O)O)ccc1OC.Cl. The minimum absolute atomic E-state index is 0. The Morgan fingerprint density at radius 2 is 1.89 bits per heavy atom. The van der Waals surface area contributed by atoms with Crippen molar-refractivity contribution in [2.45, 2.75) is 26.0 Å². The first-order valence-electron chi connectivity index (χ1n) is 8.60. The topological polar surface area (TPSA) is 118 Å². The van der Waals surface area contributed by atoms with Crippen molar-refractivity contribution in [2.24, 2.45) is 5.73 Å². The molecule has 0 amide bonds. The molecule has 5 N–H and O–H groups in total. The zero-order valence-electron chi connectivity index (χ0n) is 16.1. The van der Waals surface area contributed by atoms with Gasteiger partial charge in [0, 0.05) is 23.4 Å². The van der Waals surface area contributed by atoms with Gasteiger partial charge < -0.3 is 25.6 Å². The van der Waals surface area contributed by atoms with Gasteiger partial charge in [-0.05, 0) is 55.8 Å². The largest absolute Gasteiger partial charge is 0.496 e. The van der Waals surface area contributed by atoms with Crippen molar-refractivity contribution in [1.29, 1.82) is 5.41 Å². The summed E-state index contributed by atoms with van der Waals surface area (Å²) in [7, 11) is 1.57. The Balaban J connectivity index is 0.00000392. The van der Waals surface area contributed by atoms with Crippen LogP contribution in [0, 0.1) is 5.41 Å². The summed E-state index contributed by atoms with van der Waals surface area (Å²) < 4.78 is 11.0. The van der Waals surface area contributed by atoms with Gasteiger partial charge in [0.25, 0.3) is 0 Å². The van der Waals surface area contributed by atoms with E-state index < -0.39 is 12.0 Å². The fraction of sp³-hybridized carbons (Fsp3) is 0.300. The number of nitrogen functional groups attached to an aromatic ring is 1. The maximum atomic E-state index is 11.9. The first-order valence-corrected chi connectivity index (χ1v) is 8.60. The lowest BCUT2D eigenvalue weighted by Crippen LogP contribution is -2.21. The summed E-state index contributed by atoms with van der Waals surface area (Å²) in [4.78, 5) is 11.9. The van der Waals surface area contributed by atoms with Crippen LogP contribution in [0.4, 0.5) is 5.69 Å². The molecule has 2 aromatic rings. The minimum atomic E-state index is -1.01. The molecule has 2 unspecified atom stereocenters. The molecule has 0 aromatic heterocycles. The highest BCUT2D eigenvalue weighted by Gasteiger charge is 2.22. The van der Waals surface area contributed by atoms with Crippen LogP contribution in [0.15, 0.2) is 42.5 Å². The Labute approximate surface area is 170 Å². The molecule has 2 rings (SSSR count). The zero-order valence-corrected chi connectivity index (χ0v) is 16.9. The van der Waals surface area contributed by atoms with Crippen LogP contribution in [-0.2, 0) is 9.53 Å². The summed E-state index contributed by atoms with van der Waals surface area (Å²) >= 11 is 0. The second kappa shape index (κ2) is 10.5. The molecule has 2 atom stereocenters. The van der Waals surface area contributed by atoms with E-state index in [2.05, 4.69) is 5.32 Å². The maximum Gasteiger partial charge on any atom is 0.330 e. The predicted octanol–water partition coefficient (Wildman–Crippen LogP) is 3.74. The Bertz CT molecular complexity index is 812. The number of rotatable bonds is 9. The Morgan fingerprint density at radius 3 is 2.39 bits per heavy atom. The van der Waals surface area contributed by atoms with E-state index in [4.69, 9.17) is 20.6 Å². The Hall–Kier alpha value is -2.77. The normalized spacial score (nSPS) is 12.4. The van der Waals surface area contributed by atoms with Crippen molar-refractivity contribution in [1.82, 2.24) is 0 Å². The standard InChI is InChI=1S/C20H25N3O4.ClH/c1-4-27-12(2)16-11-14(7-10-17(16)26-3)18(20(24)25)23-15-8-5-13(6-9-15)19(21)22;/h5-12,18,23H,4H2,1-3H3,(H3,21,22)(H,24,25);1H. The van der Waals surface area contributed by atoms with E-state index >= 15 is 0 Å². The van der Waals surface area contributed by atoms with Gasteiger partial charge in [-0.3, -0.25) is 5.41 Å². The number of methoxy groups -OCH3 is 1. The number of aliphatic carboxylic acids is 1. The van der Waals surface area contributed by atoms with Crippen LogP contribution >= 0.6 is 12.4 Å². The first kappa shape index (κ1) is 23.3. The van der Waals surface area contributed by atoms with Crippen LogP contribution < -0.4 is 15.8 Å². The molecule has 8 heteroatoms. The molecule has 7 nitrogen and oxygen atoms in total. The van der Waals surface area contributed by atoms with Crippen LogP contribution in [0.25, 0.3) is 0 Å². The maximum absolute atomic E-state index is 11.9. The van der Waals surface area contributed by atoms with Crippen molar-refractivity contribution in [3.63, 3.8) is 0 Å². The van der Waals surface area contributed by atoms with Gasteiger partial charge in [0.1, 0.15) is 11.6 Å². The first-order chi connectivity index (χ1) is 12.9. The van der Waals surface area contributed by atoms with Gasteiger partial charge in [-0.15, -0.1) is 12.4 Å². The molecule has 0 aliphatic rings. The summed E-state index contributed by atoms with van der Waals surface area (Å²) in [5.74, 6) is -0.401. The van der Waals surface area contributed by atoms with Crippen LogP contribution in [0.1, 0.15) is 42.7 Å². The van der Waals surface area contributed by atoms with Gasteiger partial charge in [-0.25, -0.2) is 4.79 Å². The van der Waals surface area contributed by atoms with Crippen LogP contribution in [0.5, 0.6) is 5.75 Å². The number of nitrogens with two attached hydrogens (primary N) is 1. The lowest BCUT2D eigenvalue weighted by molar-refractivity contribution is -0.138. The van der Waals surface area contributed by atoms with Crippen molar-refractivity contribution < 1.29 is 19.4 Å². The van der Waals surface area contributed by atoms with E-state index in [0.717, 1.165) is 5.56 Å². The molecule has 28 heavy (non-hydrogen) atoms. The van der Waals surface area contributed by atoms with Crippen LogP contribution in [-0.4, -0.2) is 30.6 Å². The molecule has 0 aliphatic carbocycles. The number of carboxylic acids is 1. The van der Waals surface area contributed by atoms with E-state index in [1.165, 1.54) is 0 Å². The van der Waals surface area contributed by atoms with E-state index in [9.17, 15) is 9.90 Å². The monoisotopic (exact) mass is 407 g/mol. The van der Waals surface area contributed by atoms with Crippen molar-refractivity contribution in [3.05, 3.63) is 59.2 Å². The molecule has 0 heterocycles. The number of carboxylic acid groups (broad SMARTS) is 1. The van der Waals surface area contributed by atoms with E-state index in [1.54, 1.807) is 49.6 Å². The second-order valence-corrected chi connectivity index (χ2v) is 6.01. The third-order valence-corrected chi connectivity index (χ3v) is 4.20. The average Bonchev–Trinajstić information content (AvgIpc) is 2.66. The summed E-state index contributed by atoms with van der Waals surface area (Å²) in [5.41, 5.74) is 8.01. The summed E-state index contributed by atoms with van der Waals surface area (Å²) in [5, 5.41) is 20.1. The summed E-state index contributed by atoms with van der Waals surface area (Å²) in [6.07, 6.45) is -0.228. The van der Waals surface area contributed by atoms with Crippen molar-refractivity contribution >= 4 is 29.9 Å². The van der Waals surface area contributed by atoms with Crippen molar-refractivity contribution in [3.8, 4) is 5.75 Å². The fourth-order valence-corrected chi connectivity index (χ4v) is 2.79. The molecule has 0 radical (unpaired) electrons. The number of benzene rings is 2. The minimum Gasteiger partial charge on any atom is -0.496 e. The summed E-state index contributed by atoms with van der Waals surface area (Å²) in [6, 6.07) is 11.0. The lowest BCUT2D eigenvalue weighted by atomic mass is 10.00. The molecule has 0 spiro atoms. The van der Waals surface area contributed by atoms with E-state index in [1.807, 2.05) is 13.8 Å². The number of hydrogen-bond acceptors (Lipinski definition) is 5.